The molecule has 0 aliphatic rings. The number of nitrogens with two attached hydrogens (primary N) is 1. The van der Waals surface area contributed by atoms with Gasteiger partial charge in [0.05, 0.1) is 6.61 Å². The summed E-state index contributed by atoms with van der Waals surface area (Å²) in [4.78, 5) is 0. The molecule has 0 saturated carbocycles. The van der Waals surface area contributed by atoms with Gasteiger partial charge in [-0.25, -0.2) is 0 Å². The van der Waals surface area contributed by atoms with E-state index in [9.17, 15) is 0 Å². The Hall–Kier alpha value is -2.00. The summed E-state index contributed by atoms with van der Waals surface area (Å²) in [5, 5.41) is 0. The van der Waals surface area contributed by atoms with Gasteiger partial charge in [-0.3, -0.25) is 0 Å². The second kappa shape index (κ2) is 7.56. The lowest BCUT2D eigenvalue weighted by Crippen LogP contribution is -2.04. The Bertz CT molecular complexity index is 523. The van der Waals surface area contributed by atoms with E-state index in [-0.39, 0.29) is 0 Å². The first-order chi connectivity index (χ1) is 9.83. The Kier molecular flexibility index (Phi) is 5.44. The SMILES string of the molecule is CCCOc1ccc(OCc2ccccc2CN)cc1. The maximum Gasteiger partial charge on any atom is 0.120 e. The molecule has 106 valence electrons. The summed E-state index contributed by atoms with van der Waals surface area (Å²) < 4.78 is 11.3. The zero-order valence-electron chi connectivity index (χ0n) is 11.8. The van der Waals surface area contributed by atoms with Gasteiger partial charge in [0.1, 0.15) is 18.1 Å². The molecule has 0 fully saturated rings. The standard InChI is InChI=1S/C17H21NO2/c1-2-11-19-16-7-9-17(10-8-16)20-13-15-6-4-3-5-14(15)12-18/h3-10H,2,11-13,18H2,1H3. The topological polar surface area (TPSA) is 44.5 Å². The molecule has 2 N–H and O–H groups in total. The average molecular weight is 271 g/mol. The van der Waals surface area contributed by atoms with E-state index in [1.165, 1.54) is 0 Å². The van der Waals surface area contributed by atoms with Crippen LogP contribution in [0.5, 0.6) is 11.5 Å². The predicted molar refractivity (Wildman–Crippen MR) is 80.9 cm³/mol. The summed E-state index contributed by atoms with van der Waals surface area (Å²) in [6.45, 7) is 3.89. The van der Waals surface area contributed by atoms with Crippen molar-refractivity contribution in [1.29, 1.82) is 0 Å². The first kappa shape index (κ1) is 14.4. The van der Waals surface area contributed by atoms with Gasteiger partial charge in [-0.05, 0) is 41.8 Å². The Morgan fingerprint density at radius 1 is 0.850 bits per heavy atom. The van der Waals surface area contributed by atoms with Crippen molar-refractivity contribution in [2.24, 2.45) is 5.73 Å². The highest BCUT2D eigenvalue weighted by molar-refractivity contribution is 5.32. The molecule has 0 aliphatic carbocycles. The van der Waals surface area contributed by atoms with E-state index in [4.69, 9.17) is 15.2 Å². The molecule has 0 saturated heterocycles. The van der Waals surface area contributed by atoms with Crippen LogP contribution in [0.15, 0.2) is 48.5 Å². The maximum atomic E-state index is 5.78. The average Bonchev–Trinajstić information content (AvgIpc) is 2.52. The maximum absolute atomic E-state index is 5.78. The summed E-state index contributed by atoms with van der Waals surface area (Å²) >= 11 is 0. The molecule has 0 bridgehead atoms. The van der Waals surface area contributed by atoms with Crippen LogP contribution in [-0.2, 0) is 13.2 Å². The third kappa shape index (κ3) is 4.00. The number of benzene rings is 2. The molecule has 20 heavy (non-hydrogen) atoms. The summed E-state index contributed by atoms with van der Waals surface area (Å²) in [6, 6.07) is 15.8. The van der Waals surface area contributed by atoms with Crippen molar-refractivity contribution >= 4 is 0 Å². The molecule has 2 rings (SSSR count). The number of hydrogen-bond acceptors (Lipinski definition) is 3. The molecule has 0 unspecified atom stereocenters. The van der Waals surface area contributed by atoms with E-state index < -0.39 is 0 Å². The molecule has 0 heterocycles. The summed E-state index contributed by atoms with van der Waals surface area (Å²) in [6.07, 6.45) is 1.01. The van der Waals surface area contributed by atoms with Crippen molar-refractivity contribution in [1.82, 2.24) is 0 Å². The fourth-order valence-electron chi connectivity index (χ4n) is 1.91. The zero-order valence-corrected chi connectivity index (χ0v) is 11.8. The first-order valence-corrected chi connectivity index (χ1v) is 6.96. The summed E-state index contributed by atoms with van der Waals surface area (Å²) in [7, 11) is 0. The molecular formula is C17H21NO2. The van der Waals surface area contributed by atoms with Gasteiger partial charge in [-0.1, -0.05) is 31.2 Å². The Morgan fingerprint density at radius 2 is 1.45 bits per heavy atom. The van der Waals surface area contributed by atoms with Gasteiger partial charge in [-0.15, -0.1) is 0 Å². The van der Waals surface area contributed by atoms with Gasteiger partial charge in [0.25, 0.3) is 0 Å². The highest BCUT2D eigenvalue weighted by atomic mass is 16.5. The molecule has 0 spiro atoms. The van der Waals surface area contributed by atoms with E-state index in [0.29, 0.717) is 13.2 Å². The fourth-order valence-corrected chi connectivity index (χ4v) is 1.91. The number of hydrogen-bond donors (Lipinski definition) is 1. The smallest absolute Gasteiger partial charge is 0.120 e. The van der Waals surface area contributed by atoms with Gasteiger partial charge >= 0.3 is 0 Å². The minimum atomic E-state index is 0.530. The fraction of sp³-hybridized carbons (Fsp3) is 0.294. The molecule has 0 atom stereocenters. The Balaban J connectivity index is 1.93. The lowest BCUT2D eigenvalue weighted by atomic mass is 10.1. The highest BCUT2D eigenvalue weighted by Gasteiger charge is 2.01. The minimum Gasteiger partial charge on any atom is -0.494 e. The van der Waals surface area contributed by atoms with Crippen LogP contribution in [0.25, 0.3) is 0 Å². The van der Waals surface area contributed by atoms with Crippen LogP contribution in [-0.4, -0.2) is 6.61 Å². The van der Waals surface area contributed by atoms with Crippen LogP contribution in [0, 0.1) is 0 Å². The molecule has 0 aromatic heterocycles. The van der Waals surface area contributed by atoms with E-state index in [2.05, 4.69) is 6.92 Å². The molecule has 2 aromatic carbocycles. The number of ether oxygens (including phenoxy) is 2. The van der Waals surface area contributed by atoms with Gasteiger partial charge in [0.2, 0.25) is 0 Å². The second-order valence-corrected chi connectivity index (χ2v) is 4.58. The van der Waals surface area contributed by atoms with Crippen molar-refractivity contribution < 1.29 is 9.47 Å². The van der Waals surface area contributed by atoms with Crippen LogP contribution < -0.4 is 15.2 Å². The first-order valence-electron chi connectivity index (χ1n) is 6.96. The molecule has 3 nitrogen and oxygen atoms in total. The monoisotopic (exact) mass is 271 g/mol. The number of rotatable bonds is 7. The molecule has 0 radical (unpaired) electrons. The van der Waals surface area contributed by atoms with Crippen LogP contribution in [0.4, 0.5) is 0 Å². The van der Waals surface area contributed by atoms with E-state index in [1.54, 1.807) is 0 Å². The van der Waals surface area contributed by atoms with E-state index in [0.717, 1.165) is 35.7 Å². The highest BCUT2D eigenvalue weighted by Crippen LogP contribution is 2.19. The largest absolute Gasteiger partial charge is 0.494 e. The van der Waals surface area contributed by atoms with Gasteiger partial charge in [-0.2, -0.15) is 0 Å². The predicted octanol–water partition coefficient (Wildman–Crippen LogP) is 3.51. The Morgan fingerprint density at radius 3 is 2.05 bits per heavy atom. The zero-order chi connectivity index (χ0) is 14.2. The Labute approximate surface area is 120 Å². The summed E-state index contributed by atoms with van der Waals surface area (Å²) in [5.41, 5.74) is 7.96. The van der Waals surface area contributed by atoms with Crippen molar-refractivity contribution in [3.63, 3.8) is 0 Å². The third-order valence-corrected chi connectivity index (χ3v) is 3.03. The van der Waals surface area contributed by atoms with Crippen LogP contribution in [0.2, 0.25) is 0 Å². The van der Waals surface area contributed by atoms with E-state index in [1.807, 2.05) is 48.5 Å². The molecule has 0 amide bonds. The van der Waals surface area contributed by atoms with Crippen molar-refractivity contribution in [2.45, 2.75) is 26.5 Å². The van der Waals surface area contributed by atoms with E-state index >= 15 is 0 Å². The van der Waals surface area contributed by atoms with Crippen LogP contribution in [0.3, 0.4) is 0 Å². The minimum absolute atomic E-state index is 0.530. The van der Waals surface area contributed by atoms with Crippen molar-refractivity contribution in [2.75, 3.05) is 6.61 Å². The van der Waals surface area contributed by atoms with Gasteiger partial charge in [0, 0.05) is 6.54 Å². The second-order valence-electron chi connectivity index (χ2n) is 4.58. The normalized spacial score (nSPS) is 10.3. The quantitative estimate of drug-likeness (QED) is 0.838. The molecule has 3 heteroatoms. The van der Waals surface area contributed by atoms with Crippen molar-refractivity contribution in [3.05, 3.63) is 59.7 Å². The van der Waals surface area contributed by atoms with Crippen molar-refractivity contribution in [3.8, 4) is 11.5 Å². The van der Waals surface area contributed by atoms with Crippen LogP contribution in [0.1, 0.15) is 24.5 Å². The molecule has 2 aromatic rings. The summed E-state index contributed by atoms with van der Waals surface area (Å²) in [5.74, 6) is 1.71. The third-order valence-electron chi connectivity index (χ3n) is 3.03. The lowest BCUT2D eigenvalue weighted by molar-refractivity contribution is 0.300. The lowest BCUT2D eigenvalue weighted by Gasteiger charge is -2.10. The van der Waals surface area contributed by atoms with Gasteiger partial charge in [0.15, 0.2) is 0 Å². The molecule has 0 aliphatic heterocycles. The van der Waals surface area contributed by atoms with Gasteiger partial charge < -0.3 is 15.2 Å². The molecular weight excluding hydrogens is 250 g/mol. The van der Waals surface area contributed by atoms with Crippen LogP contribution >= 0.6 is 0 Å².